The van der Waals surface area contributed by atoms with Crippen molar-refractivity contribution in [3.63, 3.8) is 0 Å². The van der Waals surface area contributed by atoms with Crippen molar-refractivity contribution in [2.75, 3.05) is 7.11 Å². The van der Waals surface area contributed by atoms with Gasteiger partial charge in [-0.15, -0.1) is 0 Å². The molecule has 0 fully saturated rings. The Morgan fingerprint density at radius 2 is 1.14 bits per heavy atom. The smallest absolute Gasteiger partial charge is 0.0483 e. The second-order valence-corrected chi connectivity index (χ2v) is 5.25. The fourth-order valence-electron chi connectivity index (χ4n) is 1.22. The van der Waals surface area contributed by atoms with Crippen molar-refractivity contribution in [2.24, 2.45) is 11.3 Å². The molecule has 2 heteroatoms. The maximum Gasteiger partial charge on any atom is 0.0483 e. The third-order valence-corrected chi connectivity index (χ3v) is 1.02. The number of hydrogen-bond donors (Lipinski definition) is 2. The van der Waals surface area contributed by atoms with Gasteiger partial charge in [0.05, 0.1) is 0 Å². The van der Waals surface area contributed by atoms with Crippen molar-refractivity contribution in [1.82, 2.24) is 0 Å². The van der Waals surface area contributed by atoms with E-state index in [1.807, 2.05) is 0 Å². The largest absolute Gasteiger partial charge is 0.400 e. The number of aliphatic hydroxyl groups is 2. The van der Waals surface area contributed by atoms with Crippen LogP contribution in [0.1, 0.15) is 54.9 Å². The molecule has 14 heavy (non-hydrogen) atoms. The topological polar surface area (TPSA) is 40.5 Å². The molecule has 0 aromatic rings. The zero-order chi connectivity index (χ0) is 12.4. The van der Waals surface area contributed by atoms with E-state index in [9.17, 15) is 0 Å². The molecular weight excluding hydrogens is 176 g/mol. The Morgan fingerprint density at radius 3 is 1.14 bits per heavy atom. The van der Waals surface area contributed by atoms with Gasteiger partial charge in [-0.1, -0.05) is 34.6 Å². The van der Waals surface area contributed by atoms with Gasteiger partial charge in [0.25, 0.3) is 0 Å². The lowest BCUT2D eigenvalue weighted by atomic mass is 9.86. The van der Waals surface area contributed by atoms with Gasteiger partial charge >= 0.3 is 0 Å². The van der Waals surface area contributed by atoms with Crippen LogP contribution in [0.15, 0.2) is 0 Å². The molecule has 2 nitrogen and oxygen atoms in total. The van der Waals surface area contributed by atoms with Crippen LogP contribution in [0.4, 0.5) is 0 Å². The summed E-state index contributed by atoms with van der Waals surface area (Å²) in [6.45, 7) is 14.8. The van der Waals surface area contributed by atoms with E-state index in [1.54, 1.807) is 13.8 Å². The molecule has 0 atom stereocenters. The SMILES string of the molecule is CC(C)CC(C)(C)C.CC(C)O.CO. The first-order valence-electron chi connectivity index (χ1n) is 5.28. The lowest BCUT2D eigenvalue weighted by Crippen LogP contribution is -2.08. The first-order valence-corrected chi connectivity index (χ1v) is 5.28. The Bertz CT molecular complexity index is 88.2. The molecule has 0 aromatic heterocycles. The highest BCUT2D eigenvalue weighted by Gasteiger charge is 2.11. The van der Waals surface area contributed by atoms with Crippen LogP contribution >= 0.6 is 0 Å². The summed E-state index contributed by atoms with van der Waals surface area (Å²) in [6.07, 6.45) is 1.16. The molecule has 0 aromatic carbocycles. The van der Waals surface area contributed by atoms with Gasteiger partial charge in [-0.3, -0.25) is 0 Å². The zero-order valence-corrected chi connectivity index (χ0v) is 11.3. The maximum absolute atomic E-state index is 8.06. The average molecular weight is 206 g/mol. The summed E-state index contributed by atoms with van der Waals surface area (Å²) in [7, 11) is 1.00. The Labute approximate surface area is 90.4 Å². The van der Waals surface area contributed by atoms with Gasteiger partial charge in [-0.25, -0.2) is 0 Å². The van der Waals surface area contributed by atoms with Gasteiger partial charge in [0.1, 0.15) is 0 Å². The van der Waals surface area contributed by atoms with Gasteiger partial charge in [0.15, 0.2) is 0 Å². The van der Waals surface area contributed by atoms with E-state index < -0.39 is 0 Å². The van der Waals surface area contributed by atoms with Crippen molar-refractivity contribution in [3.05, 3.63) is 0 Å². The van der Waals surface area contributed by atoms with Gasteiger partial charge < -0.3 is 10.2 Å². The van der Waals surface area contributed by atoms with Crippen LogP contribution in [-0.2, 0) is 0 Å². The van der Waals surface area contributed by atoms with E-state index in [0.29, 0.717) is 5.41 Å². The molecule has 0 radical (unpaired) electrons. The Hall–Kier alpha value is -0.0800. The zero-order valence-electron chi connectivity index (χ0n) is 11.3. The number of rotatable bonds is 1. The Kier molecular flexibility index (Phi) is 15.3. The predicted octanol–water partition coefficient (Wildman–Crippen LogP) is 3.07. The molecule has 0 amide bonds. The summed E-state index contributed by atoms with van der Waals surface area (Å²) in [4.78, 5) is 0. The van der Waals surface area contributed by atoms with Gasteiger partial charge in [-0.05, 0) is 31.6 Å². The molecule has 0 aliphatic heterocycles. The normalized spacial score (nSPS) is 10.3. The predicted molar refractivity (Wildman–Crippen MR) is 64.4 cm³/mol. The summed E-state index contributed by atoms with van der Waals surface area (Å²) >= 11 is 0. The molecule has 0 spiro atoms. The van der Waals surface area contributed by atoms with Crippen molar-refractivity contribution in [3.8, 4) is 0 Å². The van der Waals surface area contributed by atoms with Gasteiger partial charge in [0.2, 0.25) is 0 Å². The molecule has 0 saturated heterocycles. The van der Waals surface area contributed by atoms with Crippen molar-refractivity contribution < 1.29 is 10.2 Å². The minimum atomic E-state index is -0.167. The summed E-state index contributed by atoms with van der Waals surface area (Å²) in [6, 6.07) is 0. The monoisotopic (exact) mass is 206 g/mol. The van der Waals surface area contributed by atoms with Gasteiger partial charge in [-0.2, -0.15) is 0 Å². The first-order chi connectivity index (χ1) is 6.15. The lowest BCUT2D eigenvalue weighted by molar-refractivity contribution is 0.216. The third kappa shape index (κ3) is 58.7. The second kappa shape index (κ2) is 11.0. The fourth-order valence-corrected chi connectivity index (χ4v) is 1.22. The van der Waals surface area contributed by atoms with Crippen LogP contribution in [0.2, 0.25) is 0 Å². The Balaban J connectivity index is -0.000000170. The highest BCUT2D eigenvalue weighted by Crippen LogP contribution is 2.23. The Morgan fingerprint density at radius 1 is 0.929 bits per heavy atom. The van der Waals surface area contributed by atoms with E-state index >= 15 is 0 Å². The molecule has 0 aliphatic carbocycles. The third-order valence-electron chi connectivity index (χ3n) is 1.02. The van der Waals surface area contributed by atoms with Crippen molar-refractivity contribution in [2.45, 2.75) is 61.0 Å². The van der Waals surface area contributed by atoms with E-state index in [1.165, 1.54) is 6.42 Å². The van der Waals surface area contributed by atoms with Crippen LogP contribution in [-0.4, -0.2) is 23.4 Å². The fraction of sp³-hybridized carbons (Fsp3) is 1.00. The van der Waals surface area contributed by atoms with Crippen LogP contribution < -0.4 is 0 Å². The van der Waals surface area contributed by atoms with Crippen molar-refractivity contribution >= 4 is 0 Å². The summed E-state index contributed by atoms with van der Waals surface area (Å²) < 4.78 is 0. The molecule has 90 valence electrons. The summed E-state index contributed by atoms with van der Waals surface area (Å²) in [5, 5.41) is 15.1. The van der Waals surface area contributed by atoms with Crippen LogP contribution in [0.3, 0.4) is 0 Å². The van der Waals surface area contributed by atoms with Gasteiger partial charge in [0, 0.05) is 13.2 Å². The number of hydrogen-bond acceptors (Lipinski definition) is 2. The molecule has 2 N–H and O–H groups in total. The van der Waals surface area contributed by atoms with Crippen LogP contribution in [0.5, 0.6) is 0 Å². The van der Waals surface area contributed by atoms with Crippen LogP contribution in [0.25, 0.3) is 0 Å². The molecule has 0 saturated carbocycles. The van der Waals surface area contributed by atoms with E-state index in [2.05, 4.69) is 34.6 Å². The van der Waals surface area contributed by atoms with Crippen LogP contribution in [0, 0.1) is 11.3 Å². The van der Waals surface area contributed by atoms with E-state index in [4.69, 9.17) is 10.2 Å². The second-order valence-electron chi connectivity index (χ2n) is 5.25. The summed E-state index contributed by atoms with van der Waals surface area (Å²) in [5.41, 5.74) is 0.522. The highest BCUT2D eigenvalue weighted by atomic mass is 16.3. The minimum absolute atomic E-state index is 0.167. The molecule has 0 aliphatic rings. The van der Waals surface area contributed by atoms with E-state index in [-0.39, 0.29) is 6.10 Å². The van der Waals surface area contributed by atoms with E-state index in [0.717, 1.165) is 13.0 Å². The molecular formula is C12H30O2. The lowest BCUT2D eigenvalue weighted by Gasteiger charge is -2.19. The molecule has 0 unspecified atom stereocenters. The molecule has 0 rings (SSSR count). The molecule has 0 heterocycles. The average Bonchev–Trinajstić information content (AvgIpc) is 1.84. The maximum atomic E-state index is 8.06. The summed E-state index contributed by atoms with van der Waals surface area (Å²) in [5.74, 6) is 0.843. The molecule has 0 bridgehead atoms. The quantitative estimate of drug-likeness (QED) is 0.692. The first kappa shape index (κ1) is 19.5. The highest BCUT2D eigenvalue weighted by molar-refractivity contribution is 4.62. The van der Waals surface area contributed by atoms with Crippen molar-refractivity contribution in [1.29, 1.82) is 0 Å². The standard InChI is InChI=1S/C8H18.C3H8O.CH4O/c1-7(2)6-8(3,4)5;1-3(2)4;1-2/h7H,6H2,1-5H3;3-4H,1-2H3;2H,1H3. The minimum Gasteiger partial charge on any atom is -0.400 e. The number of aliphatic hydroxyl groups excluding tert-OH is 2.